The Balaban J connectivity index is 1.40. The van der Waals surface area contributed by atoms with E-state index < -0.39 is 22.5 Å². The number of β-lactam (4-membered cyclic amide) rings is 1. The Morgan fingerprint density at radius 1 is 1.24 bits per heavy atom. The first-order valence-corrected chi connectivity index (χ1v) is 11.2. The molecule has 0 aromatic heterocycles. The Hall–Kier alpha value is -3.44. The lowest BCUT2D eigenvalue weighted by Gasteiger charge is -2.55. The van der Waals surface area contributed by atoms with Crippen molar-refractivity contribution in [2.75, 3.05) is 17.2 Å². The third kappa shape index (κ3) is 4.29. The van der Waals surface area contributed by atoms with Gasteiger partial charge in [-0.25, -0.2) is 4.79 Å². The number of non-ortho nitro benzene ring substituents is 1. The first-order chi connectivity index (χ1) is 15.7. The Bertz CT molecular complexity index is 1090. The van der Waals surface area contributed by atoms with Crippen LogP contribution in [0, 0.1) is 10.1 Å². The van der Waals surface area contributed by atoms with E-state index in [0.717, 1.165) is 0 Å². The number of thioether (sulfide) groups is 1. The predicted molar refractivity (Wildman–Crippen MR) is 119 cm³/mol. The molecule has 172 valence electrons. The Morgan fingerprint density at radius 3 is 2.52 bits per heavy atom. The average Bonchev–Trinajstić information content (AvgIpc) is 2.81. The van der Waals surface area contributed by atoms with Gasteiger partial charge in [0.1, 0.15) is 18.0 Å². The molecular weight excluding hydrogens is 450 g/mol. The summed E-state index contributed by atoms with van der Waals surface area (Å²) in [7, 11) is 0. The number of nitrogens with zero attached hydrogens (tertiary/aromatic N) is 3. The molecule has 2 saturated heterocycles. The van der Waals surface area contributed by atoms with Crippen LogP contribution in [0.5, 0.6) is 0 Å². The Kier molecular flexibility index (Phi) is 6.09. The van der Waals surface area contributed by atoms with Crippen molar-refractivity contribution >= 4 is 40.9 Å². The molecule has 4 rings (SSSR count). The van der Waals surface area contributed by atoms with Gasteiger partial charge in [0.05, 0.1) is 11.5 Å². The third-order valence-electron chi connectivity index (χ3n) is 5.59. The highest BCUT2D eigenvalue weighted by atomic mass is 32.2. The number of fused-ring (bicyclic) bond motifs is 1. The molecule has 0 spiro atoms. The molecule has 2 aliphatic heterocycles. The van der Waals surface area contributed by atoms with E-state index in [1.54, 1.807) is 24.3 Å². The van der Waals surface area contributed by atoms with E-state index in [0.29, 0.717) is 11.3 Å². The molecule has 0 saturated carbocycles. The number of hydrogen-bond donors (Lipinski definition) is 1. The van der Waals surface area contributed by atoms with E-state index in [9.17, 15) is 29.6 Å². The molecule has 2 heterocycles. The van der Waals surface area contributed by atoms with E-state index in [1.165, 1.54) is 52.8 Å². The van der Waals surface area contributed by atoms with Gasteiger partial charge in [-0.2, -0.15) is 0 Å². The molecule has 1 N–H and O–H groups in total. The molecule has 2 aromatic rings. The van der Waals surface area contributed by atoms with Crippen molar-refractivity contribution in [2.24, 2.45) is 0 Å². The van der Waals surface area contributed by atoms with Crippen LogP contribution in [0.25, 0.3) is 0 Å². The lowest BCUT2D eigenvalue weighted by Crippen LogP contribution is -2.75. The van der Waals surface area contributed by atoms with Crippen LogP contribution >= 0.6 is 11.8 Å². The zero-order valence-electron chi connectivity index (χ0n) is 17.6. The maximum atomic E-state index is 12.9. The van der Waals surface area contributed by atoms with E-state index >= 15 is 0 Å². The normalized spacial score (nSPS) is 23.8. The first-order valence-electron chi connectivity index (χ1n) is 10.1. The van der Waals surface area contributed by atoms with Crippen LogP contribution in [0.4, 0.5) is 11.4 Å². The summed E-state index contributed by atoms with van der Waals surface area (Å²) in [4.78, 5) is 50.8. The Morgan fingerprint density at radius 2 is 1.91 bits per heavy atom. The van der Waals surface area contributed by atoms with Gasteiger partial charge in [0.25, 0.3) is 5.69 Å². The van der Waals surface area contributed by atoms with Crippen molar-refractivity contribution in [1.29, 1.82) is 0 Å². The molecule has 0 aliphatic carbocycles. The minimum absolute atomic E-state index is 0.00240. The standard InChI is InChI=1S/C22H21N3O7S/c1-14(26)24(16-5-3-2-4-6-16)18-19(27)23-12-22(29,13-33-20(18)23)21(28)32-11-15-7-9-17(10-8-15)25(30)31/h2-10,18,20,29H,11-13H2,1H3/t18?,20-,22?/m1/s1. The van der Waals surface area contributed by atoms with Gasteiger partial charge >= 0.3 is 5.97 Å². The van der Waals surface area contributed by atoms with Crippen molar-refractivity contribution in [2.45, 2.75) is 30.5 Å². The SMILES string of the molecule is CC(=O)N(c1ccccc1)C1C(=O)N2CC(O)(C(=O)OCc3ccc([N+](=O)[O-])cc3)CS[C@H]12. The number of benzene rings is 2. The number of ether oxygens (including phenoxy) is 1. The molecular formula is C22H21N3O7S. The van der Waals surface area contributed by atoms with Gasteiger partial charge in [-0.05, 0) is 29.8 Å². The lowest BCUT2D eigenvalue weighted by molar-refractivity contribution is -0.384. The van der Waals surface area contributed by atoms with Crippen molar-refractivity contribution in [3.05, 3.63) is 70.3 Å². The van der Waals surface area contributed by atoms with Crippen LogP contribution in [0.1, 0.15) is 12.5 Å². The Labute approximate surface area is 193 Å². The number of carbonyl (C=O) groups excluding carboxylic acids is 3. The quantitative estimate of drug-likeness (QED) is 0.292. The fourth-order valence-corrected chi connectivity index (χ4v) is 5.33. The topological polar surface area (TPSA) is 130 Å². The van der Waals surface area contributed by atoms with Crippen molar-refractivity contribution in [3.63, 3.8) is 0 Å². The second-order valence-corrected chi connectivity index (χ2v) is 8.97. The van der Waals surface area contributed by atoms with Gasteiger partial charge in [-0.15, -0.1) is 11.8 Å². The number of esters is 1. The molecule has 0 bridgehead atoms. The first kappa shape index (κ1) is 22.7. The number of nitro benzene ring substituents is 1. The zero-order valence-corrected chi connectivity index (χ0v) is 18.4. The van der Waals surface area contributed by atoms with E-state index in [2.05, 4.69) is 0 Å². The summed E-state index contributed by atoms with van der Waals surface area (Å²) in [5.41, 5.74) is -0.846. The molecule has 2 fully saturated rings. The molecule has 3 atom stereocenters. The molecule has 33 heavy (non-hydrogen) atoms. The van der Waals surface area contributed by atoms with Gasteiger partial charge in [-0.3, -0.25) is 24.6 Å². The van der Waals surface area contributed by atoms with Crippen molar-refractivity contribution in [1.82, 2.24) is 4.90 Å². The van der Waals surface area contributed by atoms with E-state index in [1.807, 2.05) is 6.07 Å². The zero-order chi connectivity index (χ0) is 23.8. The lowest BCUT2D eigenvalue weighted by atomic mass is 9.98. The van der Waals surface area contributed by atoms with E-state index in [-0.39, 0.29) is 41.8 Å². The van der Waals surface area contributed by atoms with Crippen LogP contribution in [-0.2, 0) is 25.7 Å². The summed E-state index contributed by atoms with van der Waals surface area (Å²) in [5.74, 6) is -1.51. The van der Waals surface area contributed by atoms with Gasteiger partial charge in [0.15, 0.2) is 5.60 Å². The minimum atomic E-state index is -1.89. The summed E-state index contributed by atoms with van der Waals surface area (Å²) in [6.45, 7) is 0.984. The highest BCUT2D eigenvalue weighted by molar-refractivity contribution is 8.00. The number of para-hydroxylation sites is 1. The van der Waals surface area contributed by atoms with Gasteiger partial charge in [0, 0.05) is 30.5 Å². The predicted octanol–water partition coefficient (Wildman–Crippen LogP) is 1.71. The molecule has 2 aliphatic rings. The second kappa shape index (κ2) is 8.83. The van der Waals surface area contributed by atoms with E-state index in [4.69, 9.17) is 4.74 Å². The number of hydrogen-bond acceptors (Lipinski definition) is 8. The number of amides is 2. The third-order valence-corrected chi connectivity index (χ3v) is 7.09. The number of rotatable bonds is 6. The van der Waals surface area contributed by atoms with Crippen LogP contribution in [-0.4, -0.2) is 62.0 Å². The highest BCUT2D eigenvalue weighted by Crippen LogP contribution is 2.42. The van der Waals surface area contributed by atoms with Crippen molar-refractivity contribution < 1.29 is 29.2 Å². The fraction of sp³-hybridized carbons (Fsp3) is 0.318. The molecule has 0 radical (unpaired) electrons. The number of aliphatic hydroxyl groups is 1. The average molecular weight is 471 g/mol. The molecule has 10 nitrogen and oxygen atoms in total. The smallest absolute Gasteiger partial charge is 0.341 e. The fourth-order valence-electron chi connectivity index (χ4n) is 3.89. The van der Waals surface area contributed by atoms with Crippen molar-refractivity contribution in [3.8, 4) is 0 Å². The number of nitro groups is 1. The summed E-state index contributed by atoms with van der Waals surface area (Å²) in [6.07, 6.45) is 0. The molecule has 2 unspecified atom stereocenters. The number of carbonyl (C=O) groups is 3. The minimum Gasteiger partial charge on any atom is -0.459 e. The summed E-state index contributed by atoms with van der Waals surface area (Å²) in [6, 6.07) is 13.7. The van der Waals surface area contributed by atoms with Crippen LogP contribution in [0.2, 0.25) is 0 Å². The van der Waals surface area contributed by atoms with Crippen LogP contribution in [0.3, 0.4) is 0 Å². The molecule has 2 aromatic carbocycles. The molecule has 2 amide bonds. The maximum Gasteiger partial charge on any atom is 0.341 e. The monoisotopic (exact) mass is 471 g/mol. The summed E-state index contributed by atoms with van der Waals surface area (Å²) < 4.78 is 5.22. The van der Waals surface area contributed by atoms with Gasteiger partial charge < -0.3 is 14.7 Å². The summed E-state index contributed by atoms with van der Waals surface area (Å²) >= 11 is 1.21. The largest absolute Gasteiger partial charge is 0.459 e. The van der Waals surface area contributed by atoms with Gasteiger partial charge in [-0.1, -0.05) is 18.2 Å². The maximum absolute atomic E-state index is 12.9. The second-order valence-electron chi connectivity index (χ2n) is 7.87. The van der Waals surface area contributed by atoms with Gasteiger partial charge in [0.2, 0.25) is 11.8 Å². The highest BCUT2D eigenvalue weighted by Gasteiger charge is 2.59. The summed E-state index contributed by atoms with van der Waals surface area (Å²) in [5, 5.41) is 21.2. The van der Waals surface area contributed by atoms with Crippen LogP contribution in [0.15, 0.2) is 54.6 Å². The van der Waals surface area contributed by atoms with Crippen LogP contribution < -0.4 is 4.90 Å². The molecule has 11 heteroatoms. The number of anilines is 1.